The maximum atomic E-state index is 6.99. The highest BCUT2D eigenvalue weighted by molar-refractivity contribution is 6.18. The Labute approximate surface area is 407 Å². The van der Waals surface area contributed by atoms with Crippen molar-refractivity contribution in [3.05, 3.63) is 237 Å². The molecule has 6 heteroatoms. The molecule has 0 spiro atoms. The Bertz CT molecular complexity index is 4620. The van der Waals surface area contributed by atoms with Crippen LogP contribution in [0.3, 0.4) is 0 Å². The van der Waals surface area contributed by atoms with Crippen molar-refractivity contribution in [2.75, 3.05) is 0 Å². The predicted molar refractivity (Wildman–Crippen MR) is 293 cm³/mol. The SMILES string of the molecule is c1ccc(-c2ccc(-c3nc(-c4cc5c(cc4-n4c6ccccc6c6cc7ccccc7cc64)oc4c6ccccc6ccc54)nc(-c4cccc5c6ccccc6n(-c6ccccc6)c45)n3)cc2)cc1. The van der Waals surface area contributed by atoms with Crippen LogP contribution >= 0.6 is 0 Å². The summed E-state index contributed by atoms with van der Waals surface area (Å²) in [6.07, 6.45) is 0. The van der Waals surface area contributed by atoms with E-state index >= 15 is 0 Å². The second kappa shape index (κ2) is 15.4. The third-order valence-corrected chi connectivity index (χ3v) is 14.3. The van der Waals surface area contributed by atoms with Gasteiger partial charge >= 0.3 is 0 Å². The first-order chi connectivity index (χ1) is 35.2. The second-order valence-electron chi connectivity index (χ2n) is 18.3. The zero-order valence-electron chi connectivity index (χ0n) is 38.2. The summed E-state index contributed by atoms with van der Waals surface area (Å²) in [6.45, 7) is 0. The Hall–Kier alpha value is -9.65. The van der Waals surface area contributed by atoms with E-state index in [2.05, 4.69) is 240 Å². The highest BCUT2D eigenvalue weighted by atomic mass is 16.3. The lowest BCUT2D eigenvalue weighted by atomic mass is 10.0. The predicted octanol–water partition coefficient (Wildman–Crippen LogP) is 16.9. The number of hydrogen-bond donors (Lipinski definition) is 0. The quantitative estimate of drug-likeness (QED) is 0.167. The molecule has 6 nitrogen and oxygen atoms in total. The molecule has 0 aliphatic heterocycles. The van der Waals surface area contributed by atoms with Crippen LogP contribution < -0.4 is 0 Å². The molecule has 0 unspecified atom stereocenters. The molecule has 0 bridgehead atoms. The van der Waals surface area contributed by atoms with Gasteiger partial charge in [-0.25, -0.2) is 15.0 Å². The average molecular weight is 906 g/mol. The monoisotopic (exact) mass is 905 g/mol. The van der Waals surface area contributed by atoms with Gasteiger partial charge in [-0.2, -0.15) is 0 Å². The van der Waals surface area contributed by atoms with Crippen molar-refractivity contribution in [1.29, 1.82) is 0 Å². The first-order valence-corrected chi connectivity index (χ1v) is 24.0. The summed E-state index contributed by atoms with van der Waals surface area (Å²) in [5, 5.41) is 11.2. The molecule has 0 aliphatic rings. The van der Waals surface area contributed by atoms with Crippen molar-refractivity contribution in [2.24, 2.45) is 0 Å². The molecule has 0 N–H and O–H groups in total. The topological polar surface area (TPSA) is 61.7 Å². The molecule has 0 amide bonds. The van der Waals surface area contributed by atoms with Crippen LogP contribution in [0.2, 0.25) is 0 Å². The summed E-state index contributed by atoms with van der Waals surface area (Å²) < 4.78 is 11.7. The molecule has 15 aromatic rings. The van der Waals surface area contributed by atoms with Crippen LogP contribution in [0.25, 0.3) is 144 Å². The molecule has 4 aromatic heterocycles. The summed E-state index contributed by atoms with van der Waals surface area (Å²) >= 11 is 0. The molecule has 0 aliphatic carbocycles. The third-order valence-electron chi connectivity index (χ3n) is 14.3. The van der Waals surface area contributed by atoms with Gasteiger partial charge in [0.25, 0.3) is 0 Å². The van der Waals surface area contributed by atoms with Gasteiger partial charge in [-0.15, -0.1) is 0 Å². The largest absolute Gasteiger partial charge is 0.455 e. The standard InChI is InChI=1S/C65H39N5O/c1-3-16-40(17-4-1)41-30-32-43(33-31-41)63-66-64(52-27-15-26-50-48-24-11-13-28-56(48)69(61(50)52)46-21-5-2-6-22-46)68-65(67-63)55-38-54-51-35-34-42-18-9-10-23-47(42)62(51)71-60(54)39-59(55)70-57-29-14-12-25-49(57)53-36-44-19-7-8-20-45(44)37-58(53)70/h1-39H. The van der Waals surface area contributed by atoms with E-state index in [-0.39, 0.29) is 0 Å². The summed E-state index contributed by atoms with van der Waals surface area (Å²) in [5.74, 6) is 1.70. The third kappa shape index (κ3) is 6.11. The minimum atomic E-state index is 0.551. The first-order valence-electron chi connectivity index (χ1n) is 24.0. The fourth-order valence-electron chi connectivity index (χ4n) is 11.1. The number of furan rings is 1. The number of fused-ring (bicyclic) bond motifs is 12. The maximum absolute atomic E-state index is 6.99. The van der Waals surface area contributed by atoms with Gasteiger partial charge in [0.05, 0.1) is 27.8 Å². The van der Waals surface area contributed by atoms with Crippen LogP contribution in [0.5, 0.6) is 0 Å². The van der Waals surface area contributed by atoms with E-state index in [4.69, 9.17) is 19.4 Å². The van der Waals surface area contributed by atoms with Crippen LogP contribution in [-0.2, 0) is 0 Å². The van der Waals surface area contributed by atoms with Gasteiger partial charge in [-0.05, 0) is 81.9 Å². The van der Waals surface area contributed by atoms with Gasteiger partial charge in [-0.1, -0.05) is 176 Å². The molecule has 11 aromatic carbocycles. The fourth-order valence-corrected chi connectivity index (χ4v) is 11.1. The molecule has 71 heavy (non-hydrogen) atoms. The molecule has 330 valence electrons. The van der Waals surface area contributed by atoms with Crippen molar-refractivity contribution in [2.45, 2.75) is 0 Å². The van der Waals surface area contributed by atoms with E-state index in [1.807, 2.05) is 6.07 Å². The maximum Gasteiger partial charge on any atom is 0.166 e. The van der Waals surface area contributed by atoms with E-state index in [0.717, 1.165) is 121 Å². The van der Waals surface area contributed by atoms with Crippen molar-refractivity contribution < 1.29 is 4.42 Å². The molecule has 0 radical (unpaired) electrons. The number of aromatic nitrogens is 5. The number of benzene rings is 11. The molecule has 0 saturated carbocycles. The van der Waals surface area contributed by atoms with Crippen LogP contribution in [0.15, 0.2) is 241 Å². The normalized spacial score (nSPS) is 11.9. The van der Waals surface area contributed by atoms with Gasteiger partial charge in [0, 0.05) is 66.1 Å². The minimum Gasteiger partial charge on any atom is -0.455 e. The summed E-state index contributed by atoms with van der Waals surface area (Å²) in [4.78, 5) is 16.6. The van der Waals surface area contributed by atoms with Crippen LogP contribution in [0.1, 0.15) is 0 Å². The Morgan fingerprint density at radius 2 is 0.887 bits per heavy atom. The van der Waals surface area contributed by atoms with Gasteiger partial charge < -0.3 is 13.6 Å². The molecular weight excluding hydrogens is 867 g/mol. The second-order valence-corrected chi connectivity index (χ2v) is 18.3. The number of para-hydroxylation sites is 4. The number of nitrogens with zero attached hydrogens (tertiary/aromatic N) is 5. The molecule has 0 fully saturated rings. The van der Waals surface area contributed by atoms with E-state index in [1.54, 1.807) is 0 Å². The van der Waals surface area contributed by atoms with Gasteiger partial charge in [0.15, 0.2) is 17.5 Å². The average Bonchev–Trinajstić information content (AvgIpc) is 4.10. The Morgan fingerprint density at radius 3 is 1.66 bits per heavy atom. The Morgan fingerprint density at radius 1 is 0.310 bits per heavy atom. The van der Waals surface area contributed by atoms with Gasteiger partial charge in [0.1, 0.15) is 11.2 Å². The number of rotatable bonds is 6. The Kier molecular flexibility index (Phi) is 8.56. The van der Waals surface area contributed by atoms with E-state index in [9.17, 15) is 0 Å². The van der Waals surface area contributed by atoms with Crippen molar-refractivity contribution in [1.82, 2.24) is 24.1 Å². The minimum absolute atomic E-state index is 0.551. The number of hydrogen-bond acceptors (Lipinski definition) is 4. The molecule has 0 saturated heterocycles. The van der Waals surface area contributed by atoms with Gasteiger partial charge in [0.2, 0.25) is 0 Å². The smallest absolute Gasteiger partial charge is 0.166 e. The van der Waals surface area contributed by atoms with E-state index < -0.39 is 0 Å². The lowest BCUT2D eigenvalue weighted by molar-refractivity contribution is 0.672. The van der Waals surface area contributed by atoms with Crippen LogP contribution in [0, 0.1) is 0 Å². The van der Waals surface area contributed by atoms with Gasteiger partial charge in [-0.3, -0.25) is 0 Å². The molecule has 4 heterocycles. The Balaban J connectivity index is 1.07. The van der Waals surface area contributed by atoms with E-state index in [0.29, 0.717) is 17.5 Å². The van der Waals surface area contributed by atoms with Crippen molar-refractivity contribution in [3.8, 4) is 56.7 Å². The highest BCUT2D eigenvalue weighted by Crippen LogP contribution is 2.44. The summed E-state index contributed by atoms with van der Waals surface area (Å²) in [6, 6.07) is 83.8. The lowest BCUT2D eigenvalue weighted by Crippen LogP contribution is -2.04. The van der Waals surface area contributed by atoms with Crippen LogP contribution in [0.4, 0.5) is 0 Å². The lowest BCUT2D eigenvalue weighted by Gasteiger charge is -2.16. The molecular formula is C65H39N5O. The van der Waals surface area contributed by atoms with E-state index in [1.165, 1.54) is 5.39 Å². The molecule has 0 atom stereocenters. The summed E-state index contributed by atoms with van der Waals surface area (Å²) in [5.41, 5.74) is 12.8. The van der Waals surface area contributed by atoms with Crippen molar-refractivity contribution in [3.63, 3.8) is 0 Å². The highest BCUT2D eigenvalue weighted by Gasteiger charge is 2.25. The van der Waals surface area contributed by atoms with Crippen molar-refractivity contribution >= 4 is 87.1 Å². The zero-order chi connectivity index (χ0) is 46.6. The van der Waals surface area contributed by atoms with Crippen LogP contribution in [-0.4, -0.2) is 24.1 Å². The summed E-state index contributed by atoms with van der Waals surface area (Å²) in [7, 11) is 0. The zero-order valence-corrected chi connectivity index (χ0v) is 38.2. The molecule has 15 rings (SSSR count). The first kappa shape index (κ1) is 39.4. The fraction of sp³-hybridized carbons (Fsp3) is 0.